The number of aromatic nitrogens is 2. The van der Waals surface area contributed by atoms with E-state index in [9.17, 15) is 4.79 Å². The summed E-state index contributed by atoms with van der Waals surface area (Å²) in [5.74, 6) is 0.416. The van der Waals surface area contributed by atoms with Crippen molar-refractivity contribution >= 4 is 41.1 Å². The molecule has 0 spiro atoms. The van der Waals surface area contributed by atoms with E-state index < -0.39 is 0 Å². The number of thioether (sulfide) groups is 1. The largest absolute Gasteiger partial charge is 0.293 e. The fourth-order valence-corrected chi connectivity index (χ4v) is 5.00. The van der Waals surface area contributed by atoms with E-state index in [1.54, 1.807) is 4.68 Å². The molecule has 0 aliphatic rings. The molecule has 0 aliphatic carbocycles. The van der Waals surface area contributed by atoms with Crippen LogP contribution in [0.5, 0.6) is 0 Å². The molecule has 0 fully saturated rings. The van der Waals surface area contributed by atoms with Gasteiger partial charge >= 0.3 is 0 Å². The molecule has 1 heterocycles. The molecule has 28 heavy (non-hydrogen) atoms. The predicted octanol–water partition coefficient (Wildman–Crippen LogP) is 6.31. The van der Waals surface area contributed by atoms with Crippen LogP contribution in [0.25, 0.3) is 16.8 Å². The van der Waals surface area contributed by atoms with E-state index in [0.717, 1.165) is 21.2 Å². The number of hydrogen-bond acceptors (Lipinski definition) is 5. The molecule has 0 bridgehead atoms. The zero-order valence-corrected chi connectivity index (χ0v) is 17.3. The Hall–Kier alpha value is -2.54. The van der Waals surface area contributed by atoms with E-state index in [0.29, 0.717) is 15.3 Å². The van der Waals surface area contributed by atoms with Gasteiger partial charge in [0.1, 0.15) is 0 Å². The molecular formula is C22H16N2OS3. The van der Waals surface area contributed by atoms with Crippen molar-refractivity contribution in [2.75, 3.05) is 5.75 Å². The van der Waals surface area contributed by atoms with Gasteiger partial charge in [0.15, 0.2) is 14.1 Å². The highest BCUT2D eigenvalue weighted by Crippen LogP contribution is 2.25. The Bertz CT molecular complexity index is 1130. The fourth-order valence-electron chi connectivity index (χ4n) is 2.74. The maximum atomic E-state index is 12.6. The second-order valence-electron chi connectivity index (χ2n) is 6.04. The third kappa shape index (κ3) is 4.30. The molecule has 0 atom stereocenters. The molecule has 0 unspecified atom stereocenters. The lowest BCUT2D eigenvalue weighted by molar-refractivity contribution is 0.102. The molecule has 138 valence electrons. The number of para-hydroxylation sites is 1. The molecule has 0 saturated carbocycles. The Balaban J connectivity index is 1.43. The Morgan fingerprint density at radius 2 is 1.50 bits per heavy atom. The van der Waals surface area contributed by atoms with Crippen LogP contribution in [-0.4, -0.2) is 21.3 Å². The molecule has 6 heteroatoms. The molecule has 0 saturated heterocycles. The van der Waals surface area contributed by atoms with Crippen LogP contribution in [0.4, 0.5) is 0 Å². The van der Waals surface area contributed by atoms with Gasteiger partial charge in [0.2, 0.25) is 0 Å². The standard InChI is InChI=1S/C22H16N2OS3/c25-20(18-13-11-17(12-14-18)16-7-3-1-4-8-16)15-27-21-23-24(22(26)28-21)19-9-5-2-6-10-19/h1-14H,15H2. The molecule has 1 aromatic heterocycles. The summed E-state index contributed by atoms with van der Waals surface area (Å²) in [6.07, 6.45) is 0. The number of ketones is 1. The highest BCUT2D eigenvalue weighted by atomic mass is 32.2. The topological polar surface area (TPSA) is 34.9 Å². The maximum Gasteiger partial charge on any atom is 0.184 e. The number of rotatable bonds is 6. The number of carbonyl (C=O) groups excluding carboxylic acids is 1. The summed E-state index contributed by atoms with van der Waals surface area (Å²) in [5.41, 5.74) is 3.88. The molecule has 0 aliphatic heterocycles. The minimum absolute atomic E-state index is 0.0805. The second-order valence-corrected chi connectivity index (χ2v) is 8.88. The molecule has 4 rings (SSSR count). The van der Waals surface area contributed by atoms with Crippen LogP contribution in [0, 0.1) is 3.95 Å². The lowest BCUT2D eigenvalue weighted by Gasteiger charge is -2.04. The van der Waals surface area contributed by atoms with Crippen molar-refractivity contribution in [1.29, 1.82) is 0 Å². The van der Waals surface area contributed by atoms with Crippen molar-refractivity contribution in [2.24, 2.45) is 0 Å². The fraction of sp³-hybridized carbons (Fsp3) is 0.0455. The summed E-state index contributed by atoms with van der Waals surface area (Å²) in [6.45, 7) is 0. The van der Waals surface area contributed by atoms with Crippen molar-refractivity contribution in [1.82, 2.24) is 9.78 Å². The van der Waals surface area contributed by atoms with Gasteiger partial charge in [-0.25, -0.2) is 4.68 Å². The average Bonchev–Trinajstić information content (AvgIpc) is 3.14. The number of nitrogens with zero attached hydrogens (tertiary/aromatic N) is 2. The highest BCUT2D eigenvalue weighted by Gasteiger charge is 2.11. The number of hydrogen-bond donors (Lipinski definition) is 0. The first kappa shape index (κ1) is 18.8. The van der Waals surface area contributed by atoms with Crippen molar-refractivity contribution in [2.45, 2.75) is 4.34 Å². The maximum absolute atomic E-state index is 12.6. The number of benzene rings is 3. The van der Waals surface area contributed by atoms with Crippen molar-refractivity contribution in [3.05, 3.63) is 94.4 Å². The zero-order chi connectivity index (χ0) is 19.3. The van der Waals surface area contributed by atoms with Crippen LogP contribution in [0.1, 0.15) is 10.4 Å². The van der Waals surface area contributed by atoms with Crippen LogP contribution in [-0.2, 0) is 0 Å². The van der Waals surface area contributed by atoms with Crippen LogP contribution in [0.3, 0.4) is 0 Å². The number of carbonyl (C=O) groups is 1. The summed E-state index contributed by atoms with van der Waals surface area (Å²) in [4.78, 5) is 12.6. The van der Waals surface area contributed by atoms with E-state index in [2.05, 4.69) is 17.2 Å². The van der Waals surface area contributed by atoms with Crippen molar-refractivity contribution in [3.63, 3.8) is 0 Å². The van der Waals surface area contributed by atoms with Gasteiger partial charge in [0, 0.05) is 5.56 Å². The molecule has 4 aromatic rings. The predicted molar refractivity (Wildman–Crippen MR) is 119 cm³/mol. The van der Waals surface area contributed by atoms with E-state index in [-0.39, 0.29) is 5.78 Å². The average molecular weight is 421 g/mol. The van der Waals surface area contributed by atoms with Gasteiger partial charge in [-0.2, -0.15) is 0 Å². The second kappa shape index (κ2) is 8.65. The molecule has 3 nitrogen and oxygen atoms in total. The Kier molecular flexibility index (Phi) is 5.81. The lowest BCUT2D eigenvalue weighted by Crippen LogP contribution is -2.02. The van der Waals surface area contributed by atoms with Gasteiger partial charge in [0.05, 0.1) is 11.4 Å². The summed E-state index contributed by atoms with van der Waals surface area (Å²) in [6, 6.07) is 27.7. The van der Waals surface area contributed by atoms with Gasteiger partial charge in [-0.05, 0) is 35.5 Å². The molecular weight excluding hydrogens is 404 g/mol. The summed E-state index contributed by atoms with van der Waals surface area (Å²) in [7, 11) is 0. The smallest absolute Gasteiger partial charge is 0.184 e. The Morgan fingerprint density at radius 1 is 0.893 bits per heavy atom. The minimum atomic E-state index is 0.0805. The zero-order valence-electron chi connectivity index (χ0n) is 14.8. The van der Waals surface area contributed by atoms with E-state index in [1.165, 1.54) is 23.1 Å². The summed E-state index contributed by atoms with van der Waals surface area (Å²) < 4.78 is 3.21. The quantitative estimate of drug-likeness (QED) is 0.208. The first-order valence-electron chi connectivity index (χ1n) is 8.68. The minimum Gasteiger partial charge on any atom is -0.293 e. The molecule has 0 radical (unpaired) electrons. The highest BCUT2D eigenvalue weighted by molar-refractivity contribution is 8.01. The molecule has 3 aromatic carbocycles. The molecule has 0 N–H and O–H groups in total. The van der Waals surface area contributed by atoms with Gasteiger partial charge in [-0.15, -0.1) is 5.10 Å². The van der Waals surface area contributed by atoms with Gasteiger partial charge < -0.3 is 0 Å². The SMILES string of the molecule is O=C(CSc1nn(-c2ccccc2)c(=S)s1)c1ccc(-c2ccccc2)cc1. The number of Topliss-reactive ketones (excluding diaryl/α,β-unsaturated/α-hetero) is 1. The van der Waals surface area contributed by atoms with Crippen molar-refractivity contribution in [3.8, 4) is 16.8 Å². The van der Waals surface area contributed by atoms with Gasteiger partial charge in [-0.3, -0.25) is 4.79 Å². The third-order valence-electron chi connectivity index (χ3n) is 4.17. The van der Waals surface area contributed by atoms with E-state index in [1.807, 2.05) is 72.8 Å². The van der Waals surface area contributed by atoms with Crippen LogP contribution >= 0.6 is 35.3 Å². The van der Waals surface area contributed by atoms with Crippen LogP contribution in [0.15, 0.2) is 89.3 Å². The van der Waals surface area contributed by atoms with E-state index >= 15 is 0 Å². The summed E-state index contributed by atoms with van der Waals surface area (Å²) >= 11 is 8.26. The lowest BCUT2D eigenvalue weighted by atomic mass is 10.0. The summed E-state index contributed by atoms with van der Waals surface area (Å²) in [5, 5.41) is 4.54. The van der Waals surface area contributed by atoms with Gasteiger partial charge in [0.25, 0.3) is 0 Å². The van der Waals surface area contributed by atoms with Crippen LogP contribution in [0.2, 0.25) is 0 Å². The normalized spacial score (nSPS) is 10.7. The van der Waals surface area contributed by atoms with Crippen LogP contribution < -0.4 is 0 Å². The van der Waals surface area contributed by atoms with Crippen molar-refractivity contribution < 1.29 is 4.79 Å². The van der Waals surface area contributed by atoms with Gasteiger partial charge in [-0.1, -0.05) is 95.9 Å². The Morgan fingerprint density at radius 3 is 2.18 bits per heavy atom. The first-order chi connectivity index (χ1) is 13.7. The van der Waals surface area contributed by atoms with E-state index in [4.69, 9.17) is 12.2 Å². The molecule has 0 amide bonds. The Labute approximate surface area is 176 Å². The third-order valence-corrected chi connectivity index (χ3v) is 6.54. The first-order valence-corrected chi connectivity index (χ1v) is 10.9. The monoisotopic (exact) mass is 420 g/mol.